The molecule has 4 rings (SSSR count). The third-order valence-corrected chi connectivity index (χ3v) is 6.25. The molecule has 2 aliphatic rings. The van der Waals surface area contributed by atoms with Gasteiger partial charge in [-0.05, 0) is 60.7 Å². The fraction of sp³-hybridized carbons (Fsp3) is 0.318. The summed E-state index contributed by atoms with van der Waals surface area (Å²) in [4.78, 5) is 41.5. The summed E-state index contributed by atoms with van der Waals surface area (Å²) in [7, 11) is 0. The molecule has 2 aliphatic heterocycles. The average Bonchev–Trinajstić information content (AvgIpc) is 3.31. The van der Waals surface area contributed by atoms with E-state index in [4.69, 9.17) is 0 Å². The number of nitrogens with one attached hydrogen (secondary N) is 1. The molecule has 0 radical (unpaired) electrons. The van der Waals surface area contributed by atoms with E-state index in [9.17, 15) is 14.4 Å². The van der Waals surface area contributed by atoms with E-state index < -0.39 is 0 Å². The minimum Gasteiger partial charge on any atom is -0.326 e. The molecule has 2 aromatic carbocycles. The summed E-state index contributed by atoms with van der Waals surface area (Å²) < 4.78 is 0. The van der Waals surface area contributed by atoms with Crippen LogP contribution in [0.1, 0.15) is 18.9 Å². The van der Waals surface area contributed by atoms with Gasteiger partial charge < -0.3 is 15.1 Å². The molecule has 29 heavy (non-hydrogen) atoms. The second-order valence-corrected chi connectivity index (χ2v) is 8.24. The number of hydrogen-bond donors (Lipinski definition) is 1. The lowest BCUT2D eigenvalue weighted by Gasteiger charge is -2.19. The number of benzene rings is 2. The van der Waals surface area contributed by atoms with Gasteiger partial charge in [0, 0.05) is 48.4 Å². The quantitative estimate of drug-likeness (QED) is 0.787. The zero-order chi connectivity index (χ0) is 20.5. The minimum absolute atomic E-state index is 0.0241. The molecule has 1 fully saturated rings. The number of hydrogen-bond acceptors (Lipinski definition) is 4. The number of thioether (sulfide) groups is 1. The fourth-order valence-electron chi connectivity index (χ4n) is 3.93. The third kappa shape index (κ3) is 3.87. The minimum atomic E-state index is -0.385. The van der Waals surface area contributed by atoms with Gasteiger partial charge in [0.1, 0.15) is 0 Å². The first kappa shape index (κ1) is 19.5. The Bertz CT molecular complexity index is 974. The lowest BCUT2D eigenvalue weighted by molar-refractivity contribution is -0.122. The van der Waals surface area contributed by atoms with Gasteiger partial charge in [-0.2, -0.15) is 0 Å². The van der Waals surface area contributed by atoms with Crippen LogP contribution in [0.25, 0.3) is 0 Å². The van der Waals surface area contributed by atoms with Crippen molar-refractivity contribution >= 4 is 46.5 Å². The molecule has 0 aliphatic carbocycles. The van der Waals surface area contributed by atoms with Crippen molar-refractivity contribution in [3.63, 3.8) is 0 Å². The predicted octanol–water partition coefficient (Wildman–Crippen LogP) is 3.31. The van der Waals surface area contributed by atoms with E-state index in [1.807, 2.05) is 48.7 Å². The van der Waals surface area contributed by atoms with Crippen LogP contribution < -0.4 is 15.1 Å². The van der Waals surface area contributed by atoms with Gasteiger partial charge in [0.25, 0.3) is 0 Å². The van der Waals surface area contributed by atoms with E-state index >= 15 is 0 Å². The molecule has 0 spiro atoms. The van der Waals surface area contributed by atoms with E-state index in [1.165, 1.54) is 0 Å². The summed E-state index contributed by atoms with van der Waals surface area (Å²) in [6.45, 7) is 2.59. The van der Waals surface area contributed by atoms with Crippen molar-refractivity contribution in [3.05, 3.63) is 48.0 Å². The highest BCUT2D eigenvalue weighted by molar-refractivity contribution is 7.98. The normalized spacial score (nSPS) is 18.1. The molecule has 0 aromatic heterocycles. The van der Waals surface area contributed by atoms with E-state index in [0.717, 1.165) is 33.9 Å². The second-order valence-electron chi connectivity index (χ2n) is 7.36. The smallest absolute Gasteiger partial charge is 0.229 e. The Morgan fingerprint density at radius 2 is 1.90 bits per heavy atom. The molecule has 0 saturated carbocycles. The van der Waals surface area contributed by atoms with Gasteiger partial charge in [-0.25, -0.2) is 0 Å². The highest BCUT2D eigenvalue weighted by Crippen LogP contribution is 2.34. The van der Waals surface area contributed by atoms with E-state index in [0.29, 0.717) is 13.1 Å². The van der Waals surface area contributed by atoms with Crippen LogP contribution in [0.3, 0.4) is 0 Å². The number of carbonyl (C=O) groups is 3. The Balaban J connectivity index is 1.45. The van der Waals surface area contributed by atoms with Crippen molar-refractivity contribution in [1.82, 2.24) is 0 Å². The molecule has 2 heterocycles. The number of carbonyl (C=O) groups excluding carboxylic acids is 3. The zero-order valence-corrected chi connectivity index (χ0v) is 17.3. The number of amides is 3. The topological polar surface area (TPSA) is 69.7 Å². The van der Waals surface area contributed by atoms with Crippen molar-refractivity contribution in [2.75, 3.05) is 34.5 Å². The predicted molar refractivity (Wildman–Crippen MR) is 115 cm³/mol. The maximum Gasteiger partial charge on any atom is 0.229 e. The highest BCUT2D eigenvalue weighted by atomic mass is 32.2. The van der Waals surface area contributed by atoms with Crippen LogP contribution in [-0.2, 0) is 20.8 Å². The van der Waals surface area contributed by atoms with Gasteiger partial charge in [0.15, 0.2) is 0 Å². The largest absolute Gasteiger partial charge is 0.326 e. The van der Waals surface area contributed by atoms with E-state index in [-0.39, 0.29) is 30.1 Å². The van der Waals surface area contributed by atoms with Crippen molar-refractivity contribution in [1.29, 1.82) is 0 Å². The Hall–Kier alpha value is -2.80. The second kappa shape index (κ2) is 7.91. The molecule has 7 heteroatoms. The third-order valence-electron chi connectivity index (χ3n) is 5.50. The Labute approximate surface area is 174 Å². The van der Waals surface area contributed by atoms with Crippen molar-refractivity contribution < 1.29 is 14.4 Å². The average molecular weight is 410 g/mol. The molecule has 0 bridgehead atoms. The van der Waals surface area contributed by atoms with Crippen molar-refractivity contribution in [2.45, 2.75) is 24.7 Å². The summed E-state index contributed by atoms with van der Waals surface area (Å²) in [5.74, 6) is -0.549. The summed E-state index contributed by atoms with van der Waals surface area (Å²) in [5, 5.41) is 2.92. The van der Waals surface area contributed by atoms with Crippen LogP contribution in [-0.4, -0.2) is 37.1 Å². The summed E-state index contributed by atoms with van der Waals surface area (Å²) in [6, 6.07) is 13.4. The zero-order valence-electron chi connectivity index (χ0n) is 16.5. The molecule has 6 nitrogen and oxygen atoms in total. The number of fused-ring (bicyclic) bond motifs is 1. The first-order chi connectivity index (χ1) is 14.0. The van der Waals surface area contributed by atoms with Crippen LogP contribution in [0.15, 0.2) is 47.4 Å². The first-order valence-electron chi connectivity index (χ1n) is 9.62. The molecular formula is C22H23N3O3S. The first-order valence-corrected chi connectivity index (χ1v) is 10.8. The Morgan fingerprint density at radius 1 is 1.14 bits per heavy atom. The molecule has 150 valence electrons. The summed E-state index contributed by atoms with van der Waals surface area (Å²) >= 11 is 1.64. The summed E-state index contributed by atoms with van der Waals surface area (Å²) in [5.41, 5.74) is 3.50. The molecular weight excluding hydrogens is 386 g/mol. The SMILES string of the molecule is CSc1ccc(NC(=O)[C@H]2CC(=O)N(c3ccc4c(c3)CCN4C(C)=O)C2)cc1. The van der Waals surface area contributed by atoms with Crippen LogP contribution in [0.2, 0.25) is 0 Å². The van der Waals surface area contributed by atoms with Gasteiger partial charge >= 0.3 is 0 Å². The van der Waals surface area contributed by atoms with Crippen LogP contribution in [0.4, 0.5) is 17.1 Å². The standard InChI is InChI=1S/C22H23N3O3S/c1-14(26)24-10-9-15-11-18(5-8-20(15)24)25-13-16(12-21(25)27)22(28)23-17-3-6-19(29-2)7-4-17/h3-8,11,16H,9-10,12-13H2,1-2H3,(H,23,28)/t16-/m0/s1. The monoisotopic (exact) mass is 409 g/mol. The van der Waals surface area contributed by atoms with Crippen molar-refractivity contribution in [2.24, 2.45) is 5.92 Å². The van der Waals surface area contributed by atoms with Crippen molar-refractivity contribution in [3.8, 4) is 0 Å². The fourth-order valence-corrected chi connectivity index (χ4v) is 4.34. The van der Waals surface area contributed by atoms with Crippen LogP contribution in [0.5, 0.6) is 0 Å². The molecule has 3 amide bonds. The number of rotatable bonds is 4. The Kier molecular flexibility index (Phi) is 5.32. The number of nitrogens with zero attached hydrogens (tertiary/aromatic N) is 2. The lowest BCUT2D eigenvalue weighted by atomic mass is 10.1. The van der Waals surface area contributed by atoms with Gasteiger partial charge in [-0.1, -0.05) is 0 Å². The maximum atomic E-state index is 12.7. The van der Waals surface area contributed by atoms with Gasteiger partial charge in [-0.3, -0.25) is 14.4 Å². The van der Waals surface area contributed by atoms with Gasteiger partial charge in [-0.15, -0.1) is 11.8 Å². The van der Waals surface area contributed by atoms with Crippen LogP contribution in [0, 0.1) is 5.92 Å². The van der Waals surface area contributed by atoms with Gasteiger partial charge in [0.05, 0.1) is 5.92 Å². The summed E-state index contributed by atoms with van der Waals surface area (Å²) in [6.07, 6.45) is 2.98. The van der Waals surface area contributed by atoms with Crippen LogP contribution >= 0.6 is 11.8 Å². The van der Waals surface area contributed by atoms with E-state index in [1.54, 1.807) is 28.5 Å². The Morgan fingerprint density at radius 3 is 2.59 bits per heavy atom. The molecule has 0 unspecified atom stereocenters. The lowest BCUT2D eigenvalue weighted by Crippen LogP contribution is -2.28. The highest BCUT2D eigenvalue weighted by Gasteiger charge is 2.36. The molecule has 2 aromatic rings. The van der Waals surface area contributed by atoms with Gasteiger partial charge in [0.2, 0.25) is 17.7 Å². The molecule has 1 atom stereocenters. The molecule has 1 N–H and O–H groups in total. The maximum absolute atomic E-state index is 12.7. The van der Waals surface area contributed by atoms with E-state index in [2.05, 4.69) is 5.32 Å². The number of anilines is 3. The molecule has 1 saturated heterocycles.